The van der Waals surface area contributed by atoms with Gasteiger partial charge < -0.3 is 4.74 Å². The number of ether oxygens (including phenoxy) is 1. The minimum Gasteiger partial charge on any atom is -0.496 e. The van der Waals surface area contributed by atoms with Gasteiger partial charge in [-0.1, -0.05) is 18.1 Å². The molecular weight excluding hydrogens is 456 g/mol. The van der Waals surface area contributed by atoms with Crippen LogP contribution < -0.4 is 15.6 Å². The van der Waals surface area contributed by atoms with Crippen LogP contribution in [-0.4, -0.2) is 27.6 Å². The molecule has 0 radical (unpaired) electrons. The fourth-order valence-corrected chi connectivity index (χ4v) is 6.05. The van der Waals surface area contributed by atoms with Crippen LogP contribution in [-0.2, 0) is 13.0 Å². The van der Waals surface area contributed by atoms with Gasteiger partial charge in [0.1, 0.15) is 16.4 Å². The molecule has 0 spiro atoms. The molecule has 1 aliphatic rings. The van der Waals surface area contributed by atoms with Crippen molar-refractivity contribution in [3.63, 3.8) is 0 Å². The third-order valence-electron chi connectivity index (χ3n) is 5.97. The number of aryl methyl sites for hydroxylation is 3. The van der Waals surface area contributed by atoms with Crippen LogP contribution >= 0.6 is 22.7 Å². The Morgan fingerprint density at radius 2 is 2.03 bits per heavy atom. The van der Waals surface area contributed by atoms with E-state index < -0.39 is 0 Å². The van der Waals surface area contributed by atoms with Crippen molar-refractivity contribution in [2.24, 2.45) is 0 Å². The molecule has 0 atom stereocenters. The van der Waals surface area contributed by atoms with Gasteiger partial charge in [-0.2, -0.15) is 0 Å². The highest BCUT2D eigenvalue weighted by atomic mass is 32.1. The van der Waals surface area contributed by atoms with Gasteiger partial charge in [-0.25, -0.2) is 9.97 Å². The first kappa shape index (κ1) is 21.8. The van der Waals surface area contributed by atoms with Crippen molar-refractivity contribution in [3.05, 3.63) is 55.8 Å². The second-order valence-electron chi connectivity index (χ2n) is 8.23. The highest BCUT2D eigenvalue weighted by molar-refractivity contribution is 7.21. The number of carbonyl (C=O) groups excluding carboxylic acids is 1. The molecule has 9 heteroatoms. The Morgan fingerprint density at radius 1 is 1.18 bits per heavy atom. The van der Waals surface area contributed by atoms with Crippen LogP contribution in [0.2, 0.25) is 0 Å². The Balaban J connectivity index is 1.46. The largest absolute Gasteiger partial charge is 0.496 e. The van der Waals surface area contributed by atoms with E-state index in [2.05, 4.69) is 10.3 Å². The van der Waals surface area contributed by atoms with Gasteiger partial charge in [-0.3, -0.25) is 19.5 Å². The summed E-state index contributed by atoms with van der Waals surface area (Å²) in [6, 6.07) is 5.91. The number of fused-ring (bicyclic) bond motifs is 2. The maximum Gasteiger partial charge on any atom is 0.267 e. The van der Waals surface area contributed by atoms with Gasteiger partial charge in [-0.05, 0) is 44.4 Å². The predicted molar refractivity (Wildman–Crippen MR) is 133 cm³/mol. The topological polar surface area (TPSA) is 86.1 Å². The van der Waals surface area contributed by atoms with Gasteiger partial charge in [0.25, 0.3) is 11.5 Å². The van der Waals surface area contributed by atoms with E-state index in [1.807, 2.05) is 37.4 Å². The maximum absolute atomic E-state index is 13.2. The standard InChI is InChI=1S/C24H24N4O3S2/c1-13-8-9-17(31-3)15(11-13)16-12-32-24(25-16)27-21(29)20-14(2)19-22(33-20)26-18-7-5-4-6-10-28(18)23(19)30/h8-9,11-12H,4-7,10H2,1-3H3,(H,25,27,29). The van der Waals surface area contributed by atoms with Crippen molar-refractivity contribution in [2.45, 2.75) is 46.1 Å². The van der Waals surface area contributed by atoms with Gasteiger partial charge in [0, 0.05) is 23.9 Å². The number of methoxy groups -OCH3 is 1. The summed E-state index contributed by atoms with van der Waals surface area (Å²) in [4.78, 5) is 36.8. The molecule has 1 amide bonds. The molecule has 7 nitrogen and oxygen atoms in total. The lowest BCUT2D eigenvalue weighted by Gasteiger charge is -2.08. The molecule has 3 aromatic heterocycles. The zero-order chi connectivity index (χ0) is 23.1. The summed E-state index contributed by atoms with van der Waals surface area (Å²) >= 11 is 2.63. The Bertz CT molecular complexity index is 1430. The van der Waals surface area contributed by atoms with Crippen molar-refractivity contribution in [2.75, 3.05) is 12.4 Å². The molecule has 4 heterocycles. The van der Waals surface area contributed by atoms with Crippen LogP contribution in [0, 0.1) is 13.8 Å². The molecule has 33 heavy (non-hydrogen) atoms. The summed E-state index contributed by atoms with van der Waals surface area (Å²) in [6.07, 6.45) is 3.92. The number of hydrogen-bond donors (Lipinski definition) is 1. The normalized spacial score (nSPS) is 13.5. The van der Waals surface area contributed by atoms with Gasteiger partial charge in [0.2, 0.25) is 0 Å². The van der Waals surface area contributed by atoms with Gasteiger partial charge >= 0.3 is 0 Å². The quantitative estimate of drug-likeness (QED) is 0.435. The minimum absolute atomic E-state index is 0.0345. The lowest BCUT2D eigenvalue weighted by atomic mass is 10.1. The van der Waals surface area contributed by atoms with Crippen LogP contribution in [0.4, 0.5) is 5.13 Å². The Hall–Kier alpha value is -3.04. The maximum atomic E-state index is 13.2. The van der Waals surface area contributed by atoms with Gasteiger partial charge in [0.15, 0.2) is 5.13 Å². The lowest BCUT2D eigenvalue weighted by molar-refractivity contribution is 0.103. The fourth-order valence-electron chi connectivity index (χ4n) is 4.26. The molecule has 0 fully saturated rings. The van der Waals surface area contributed by atoms with E-state index in [9.17, 15) is 9.59 Å². The van der Waals surface area contributed by atoms with E-state index in [4.69, 9.17) is 9.72 Å². The van der Waals surface area contributed by atoms with Crippen LogP contribution in [0.1, 0.15) is 45.9 Å². The van der Waals surface area contributed by atoms with Gasteiger partial charge in [-0.15, -0.1) is 22.7 Å². The number of aromatic nitrogens is 3. The smallest absolute Gasteiger partial charge is 0.267 e. The van der Waals surface area contributed by atoms with Crippen molar-refractivity contribution in [1.29, 1.82) is 0 Å². The summed E-state index contributed by atoms with van der Waals surface area (Å²) in [5.41, 5.74) is 3.37. The minimum atomic E-state index is -0.271. The summed E-state index contributed by atoms with van der Waals surface area (Å²) < 4.78 is 7.26. The number of nitrogens with zero attached hydrogens (tertiary/aromatic N) is 3. The highest BCUT2D eigenvalue weighted by Gasteiger charge is 2.23. The number of rotatable bonds is 4. The summed E-state index contributed by atoms with van der Waals surface area (Å²) in [5.74, 6) is 1.29. The van der Waals surface area contributed by atoms with Crippen LogP contribution in [0.5, 0.6) is 5.75 Å². The molecule has 1 aromatic carbocycles. The first-order valence-electron chi connectivity index (χ1n) is 10.9. The van der Waals surface area contributed by atoms with Crippen molar-refractivity contribution in [1.82, 2.24) is 14.5 Å². The second-order valence-corrected chi connectivity index (χ2v) is 10.1. The van der Waals surface area contributed by atoms with E-state index in [0.29, 0.717) is 32.3 Å². The summed E-state index contributed by atoms with van der Waals surface area (Å²) in [7, 11) is 1.63. The number of thiophene rings is 1. The average Bonchev–Trinajstić information content (AvgIpc) is 3.30. The van der Waals surface area contributed by atoms with E-state index in [1.165, 1.54) is 22.7 Å². The van der Waals surface area contributed by atoms with Crippen molar-refractivity contribution >= 4 is 43.9 Å². The van der Waals surface area contributed by atoms with E-state index in [-0.39, 0.29) is 11.5 Å². The Morgan fingerprint density at radius 3 is 2.85 bits per heavy atom. The summed E-state index contributed by atoms with van der Waals surface area (Å²) in [5, 5.41) is 5.85. The first-order valence-corrected chi connectivity index (χ1v) is 12.6. The monoisotopic (exact) mass is 480 g/mol. The molecular formula is C24H24N4O3S2. The van der Waals surface area contributed by atoms with E-state index in [0.717, 1.165) is 54.1 Å². The fraction of sp³-hybridized carbons (Fsp3) is 0.333. The summed E-state index contributed by atoms with van der Waals surface area (Å²) in [6.45, 7) is 4.53. The van der Waals surface area contributed by atoms with E-state index >= 15 is 0 Å². The third kappa shape index (κ3) is 3.95. The number of carbonyl (C=O) groups is 1. The Kier molecular flexibility index (Phi) is 5.76. The van der Waals surface area contributed by atoms with Crippen LogP contribution in [0.15, 0.2) is 28.4 Å². The third-order valence-corrected chi connectivity index (χ3v) is 7.92. The Labute approximate surface area is 199 Å². The number of thiazole rings is 1. The van der Waals surface area contributed by atoms with Crippen LogP contribution in [0.25, 0.3) is 21.5 Å². The van der Waals surface area contributed by atoms with Gasteiger partial charge in [0.05, 0.1) is 23.1 Å². The molecule has 0 saturated heterocycles. The molecule has 5 rings (SSSR count). The number of hydrogen-bond acceptors (Lipinski definition) is 7. The number of anilines is 1. The lowest BCUT2D eigenvalue weighted by Crippen LogP contribution is -2.24. The molecule has 0 bridgehead atoms. The number of amides is 1. The van der Waals surface area contributed by atoms with Crippen molar-refractivity contribution in [3.8, 4) is 17.0 Å². The molecule has 0 aliphatic carbocycles. The van der Waals surface area contributed by atoms with Crippen LogP contribution in [0.3, 0.4) is 0 Å². The molecule has 170 valence electrons. The average molecular weight is 481 g/mol. The number of nitrogens with one attached hydrogen (secondary N) is 1. The SMILES string of the molecule is COc1ccc(C)cc1-c1csc(NC(=O)c2sc3nc4n(c(=O)c3c2C)CCCCC4)n1. The number of benzene rings is 1. The highest BCUT2D eigenvalue weighted by Crippen LogP contribution is 2.34. The zero-order valence-electron chi connectivity index (χ0n) is 18.7. The van der Waals surface area contributed by atoms with E-state index in [1.54, 1.807) is 11.7 Å². The molecule has 1 N–H and O–H groups in total. The zero-order valence-corrected chi connectivity index (χ0v) is 20.4. The predicted octanol–water partition coefficient (Wildman–Crippen LogP) is 5.19. The molecule has 0 saturated carbocycles. The molecule has 1 aliphatic heterocycles. The second kappa shape index (κ2) is 8.72. The molecule has 4 aromatic rings. The van der Waals surface area contributed by atoms with Crippen molar-refractivity contribution < 1.29 is 9.53 Å². The first-order chi connectivity index (χ1) is 16.0. The molecule has 0 unspecified atom stereocenters.